The Hall–Kier alpha value is -1.07. The van der Waals surface area contributed by atoms with Crippen molar-refractivity contribution in [2.24, 2.45) is 5.73 Å². The van der Waals surface area contributed by atoms with Gasteiger partial charge in [-0.2, -0.15) is 0 Å². The molecule has 0 bridgehead atoms. The third kappa shape index (κ3) is 2.17. The number of hydrogen-bond donors (Lipinski definition) is 2. The topological polar surface area (TPSA) is 72.3 Å². The lowest BCUT2D eigenvalue weighted by Gasteiger charge is -2.32. The molecular weight excluding hydrogens is 234 g/mol. The summed E-state index contributed by atoms with van der Waals surface area (Å²) in [5.74, 6) is -0.401. The molecule has 0 saturated carbocycles. The Morgan fingerprint density at radius 2 is 2.29 bits per heavy atom. The van der Waals surface area contributed by atoms with E-state index in [4.69, 9.17) is 11.5 Å². The van der Waals surface area contributed by atoms with E-state index in [1.165, 1.54) is 29.1 Å². The summed E-state index contributed by atoms with van der Waals surface area (Å²) < 4.78 is 0. The zero-order valence-corrected chi connectivity index (χ0v) is 11.1. The average molecular weight is 253 g/mol. The summed E-state index contributed by atoms with van der Waals surface area (Å²) in [5.41, 5.74) is 12.9. The van der Waals surface area contributed by atoms with Crippen LogP contribution in [0.25, 0.3) is 0 Å². The molecule has 0 fully saturated rings. The van der Waals surface area contributed by atoms with Gasteiger partial charge in [-0.25, -0.2) is 0 Å². The van der Waals surface area contributed by atoms with Gasteiger partial charge in [0.2, 0.25) is 0 Å². The molecule has 0 aliphatic carbocycles. The molecule has 1 aliphatic heterocycles. The molecule has 2 heterocycles. The number of nitrogen functional groups attached to an aromatic ring is 1. The Balaban J connectivity index is 2.35. The van der Waals surface area contributed by atoms with Gasteiger partial charge in [0.15, 0.2) is 0 Å². The summed E-state index contributed by atoms with van der Waals surface area (Å²) in [6.45, 7) is 2.98. The first-order valence-electron chi connectivity index (χ1n) is 5.94. The van der Waals surface area contributed by atoms with Crippen LogP contribution in [-0.4, -0.2) is 23.9 Å². The van der Waals surface area contributed by atoms with Gasteiger partial charge < -0.3 is 11.5 Å². The van der Waals surface area contributed by atoms with Gasteiger partial charge in [0, 0.05) is 17.5 Å². The number of carbonyl (C=O) groups is 1. The zero-order chi connectivity index (χ0) is 12.6. The van der Waals surface area contributed by atoms with Gasteiger partial charge in [-0.1, -0.05) is 13.3 Å². The highest BCUT2D eigenvalue weighted by atomic mass is 32.1. The Labute approximate surface area is 106 Å². The number of carbonyl (C=O) groups excluding carboxylic acids is 1. The molecular formula is C12H19N3OS. The molecule has 0 aromatic carbocycles. The fourth-order valence-corrected chi connectivity index (χ4v) is 3.70. The molecule has 4 N–H and O–H groups in total. The molecule has 1 amide bonds. The number of fused-ring (bicyclic) bond motifs is 1. The predicted octanol–water partition coefficient (Wildman–Crippen LogP) is 1.59. The van der Waals surface area contributed by atoms with E-state index >= 15 is 0 Å². The second kappa shape index (κ2) is 4.66. The maximum absolute atomic E-state index is 11.4. The molecule has 1 aromatic heterocycles. The fraction of sp³-hybridized carbons (Fsp3) is 0.583. The van der Waals surface area contributed by atoms with Crippen molar-refractivity contribution in [2.75, 3.05) is 12.8 Å². The van der Waals surface area contributed by atoms with Crippen molar-refractivity contribution in [3.63, 3.8) is 0 Å². The number of hydrogen-bond acceptors (Lipinski definition) is 4. The zero-order valence-electron chi connectivity index (χ0n) is 10.3. The van der Waals surface area contributed by atoms with Crippen LogP contribution in [0, 0.1) is 0 Å². The number of anilines is 1. The van der Waals surface area contributed by atoms with Crippen molar-refractivity contribution < 1.29 is 4.79 Å². The number of primary amides is 1. The quantitative estimate of drug-likeness (QED) is 0.859. The first-order valence-corrected chi connectivity index (χ1v) is 6.76. The highest BCUT2D eigenvalue weighted by Crippen LogP contribution is 2.36. The van der Waals surface area contributed by atoms with Crippen LogP contribution in [0.1, 0.15) is 40.6 Å². The lowest BCUT2D eigenvalue weighted by Crippen LogP contribution is -2.37. The Morgan fingerprint density at radius 3 is 2.88 bits per heavy atom. The van der Waals surface area contributed by atoms with E-state index in [0.717, 1.165) is 18.5 Å². The number of nitrogens with two attached hydrogens (primary N) is 2. The van der Waals surface area contributed by atoms with Gasteiger partial charge in [-0.05, 0) is 25.5 Å². The number of likely N-dealkylation sites (N-methyl/N-ethyl adjacent to an activating group) is 1. The Kier molecular flexibility index (Phi) is 3.40. The van der Waals surface area contributed by atoms with Crippen molar-refractivity contribution >= 4 is 22.2 Å². The number of amides is 1. The minimum Gasteiger partial charge on any atom is -0.390 e. The van der Waals surface area contributed by atoms with Crippen LogP contribution in [0.4, 0.5) is 5.00 Å². The van der Waals surface area contributed by atoms with Gasteiger partial charge in [-0.3, -0.25) is 9.69 Å². The lowest BCUT2D eigenvalue weighted by atomic mass is 9.96. The van der Waals surface area contributed by atoms with Crippen molar-refractivity contribution in [1.29, 1.82) is 0 Å². The van der Waals surface area contributed by atoms with Crippen LogP contribution in [0.3, 0.4) is 0 Å². The maximum atomic E-state index is 11.4. The van der Waals surface area contributed by atoms with Crippen molar-refractivity contribution in [3.05, 3.63) is 16.0 Å². The Morgan fingerprint density at radius 1 is 1.59 bits per heavy atom. The SMILES string of the molecule is CCCC1Cc2sc(N)c(C(N)=O)c2CN1C. The first-order chi connectivity index (χ1) is 8.04. The van der Waals surface area contributed by atoms with E-state index in [2.05, 4.69) is 18.9 Å². The second-order valence-corrected chi connectivity index (χ2v) is 5.81. The molecule has 4 nitrogen and oxygen atoms in total. The van der Waals surface area contributed by atoms with E-state index < -0.39 is 5.91 Å². The third-order valence-corrected chi connectivity index (χ3v) is 4.52. The van der Waals surface area contributed by atoms with E-state index in [1.807, 2.05) is 0 Å². The van der Waals surface area contributed by atoms with E-state index in [-0.39, 0.29) is 0 Å². The summed E-state index contributed by atoms with van der Waals surface area (Å²) in [6.07, 6.45) is 3.34. The summed E-state index contributed by atoms with van der Waals surface area (Å²) in [6, 6.07) is 0.561. The minimum atomic E-state index is -0.401. The fourth-order valence-electron chi connectivity index (χ4n) is 2.54. The molecule has 0 spiro atoms. The number of rotatable bonds is 3. The minimum absolute atomic E-state index is 0.401. The van der Waals surface area contributed by atoms with Crippen LogP contribution in [0.2, 0.25) is 0 Å². The summed E-state index contributed by atoms with van der Waals surface area (Å²) in [4.78, 5) is 14.9. The van der Waals surface area contributed by atoms with Crippen molar-refractivity contribution in [3.8, 4) is 0 Å². The van der Waals surface area contributed by atoms with Crippen LogP contribution in [0.5, 0.6) is 0 Å². The lowest BCUT2D eigenvalue weighted by molar-refractivity contribution is 0.0998. The summed E-state index contributed by atoms with van der Waals surface area (Å²) in [5, 5.41) is 0.577. The van der Waals surface area contributed by atoms with E-state index in [9.17, 15) is 4.79 Å². The average Bonchev–Trinajstić information content (AvgIpc) is 2.54. The molecule has 0 saturated heterocycles. The van der Waals surface area contributed by atoms with Crippen molar-refractivity contribution in [2.45, 2.75) is 38.8 Å². The Bertz CT molecular complexity index is 441. The van der Waals surface area contributed by atoms with Gasteiger partial charge in [0.1, 0.15) is 0 Å². The molecule has 1 unspecified atom stereocenters. The molecule has 1 aliphatic rings. The third-order valence-electron chi connectivity index (χ3n) is 3.44. The molecule has 0 radical (unpaired) electrons. The summed E-state index contributed by atoms with van der Waals surface area (Å²) >= 11 is 1.53. The molecule has 1 aromatic rings. The van der Waals surface area contributed by atoms with Gasteiger partial charge >= 0.3 is 0 Å². The molecule has 17 heavy (non-hydrogen) atoms. The van der Waals surface area contributed by atoms with E-state index in [0.29, 0.717) is 16.6 Å². The molecule has 2 rings (SSSR count). The normalized spacial score (nSPS) is 20.2. The van der Waals surface area contributed by atoms with Crippen molar-refractivity contribution in [1.82, 2.24) is 4.90 Å². The predicted molar refractivity (Wildman–Crippen MR) is 71.1 cm³/mol. The van der Waals surface area contributed by atoms with Gasteiger partial charge in [-0.15, -0.1) is 11.3 Å². The first kappa shape index (κ1) is 12.4. The summed E-state index contributed by atoms with van der Waals surface area (Å²) in [7, 11) is 2.10. The number of nitrogens with zero attached hydrogens (tertiary/aromatic N) is 1. The number of thiophene rings is 1. The van der Waals surface area contributed by atoms with Gasteiger partial charge in [0.05, 0.1) is 10.6 Å². The smallest absolute Gasteiger partial charge is 0.252 e. The largest absolute Gasteiger partial charge is 0.390 e. The second-order valence-electron chi connectivity index (χ2n) is 4.67. The van der Waals surface area contributed by atoms with Crippen LogP contribution < -0.4 is 11.5 Å². The molecule has 1 atom stereocenters. The van der Waals surface area contributed by atoms with E-state index in [1.54, 1.807) is 0 Å². The van der Waals surface area contributed by atoms with Gasteiger partial charge in [0.25, 0.3) is 5.91 Å². The van der Waals surface area contributed by atoms with Crippen LogP contribution in [0.15, 0.2) is 0 Å². The highest BCUT2D eigenvalue weighted by Gasteiger charge is 2.29. The molecule has 94 valence electrons. The standard InChI is InChI=1S/C12H19N3OS/c1-3-4-7-5-9-8(6-15(7)2)10(11(13)16)12(14)17-9/h7H,3-6,14H2,1-2H3,(H2,13,16). The highest BCUT2D eigenvalue weighted by molar-refractivity contribution is 7.16. The maximum Gasteiger partial charge on any atom is 0.252 e. The molecule has 5 heteroatoms. The van der Waals surface area contributed by atoms with Crippen LogP contribution in [-0.2, 0) is 13.0 Å². The van der Waals surface area contributed by atoms with Crippen LogP contribution >= 0.6 is 11.3 Å². The monoisotopic (exact) mass is 253 g/mol.